The molecule has 0 bridgehead atoms. The monoisotopic (exact) mass is 540 g/mol. The molecule has 0 rings (SSSR count). The maximum absolute atomic E-state index is 11.7. The van der Waals surface area contributed by atoms with Crippen molar-refractivity contribution < 1.29 is 28.6 Å². The first-order valence-electron chi connectivity index (χ1n) is 14.2. The molecule has 0 saturated heterocycles. The summed E-state index contributed by atoms with van der Waals surface area (Å²) >= 11 is 1.97. The van der Waals surface area contributed by atoms with Gasteiger partial charge in [0.25, 0.3) is 0 Å². The van der Waals surface area contributed by atoms with E-state index in [1.807, 2.05) is 18.7 Å². The molecule has 0 aromatic carbocycles. The van der Waals surface area contributed by atoms with E-state index in [2.05, 4.69) is 28.1 Å². The van der Waals surface area contributed by atoms with E-state index >= 15 is 0 Å². The van der Waals surface area contributed by atoms with Gasteiger partial charge in [0.2, 0.25) is 0 Å². The number of hydrogen-bond donors (Lipinski definition) is 0. The van der Waals surface area contributed by atoms with Crippen LogP contribution < -0.4 is 0 Å². The van der Waals surface area contributed by atoms with E-state index in [-0.39, 0.29) is 11.6 Å². The van der Waals surface area contributed by atoms with Crippen molar-refractivity contribution in [1.29, 1.82) is 0 Å². The van der Waals surface area contributed by atoms with Gasteiger partial charge in [0, 0.05) is 4.57 Å². The van der Waals surface area contributed by atoms with Crippen LogP contribution in [0.15, 0.2) is 0 Å². The Morgan fingerprint density at radius 1 is 0.714 bits per heavy atom. The molecule has 35 heavy (non-hydrogen) atoms. The van der Waals surface area contributed by atoms with E-state index in [0.717, 1.165) is 23.2 Å². The first-order valence-corrected chi connectivity index (χ1v) is 16.4. The summed E-state index contributed by atoms with van der Waals surface area (Å²) in [5.74, 6) is 2.26. The highest BCUT2D eigenvalue weighted by Gasteiger charge is 2.25. The minimum Gasteiger partial charge on any atom is -0.870 e. The molecular formula is C27H59NO5PS+. The van der Waals surface area contributed by atoms with Crippen molar-refractivity contribution in [1.82, 2.24) is 0 Å². The third-order valence-electron chi connectivity index (χ3n) is 5.84. The normalized spacial score (nSPS) is 13.0. The van der Waals surface area contributed by atoms with Crippen molar-refractivity contribution in [3.05, 3.63) is 0 Å². The minimum atomic E-state index is -2.19. The summed E-state index contributed by atoms with van der Waals surface area (Å²) in [4.78, 5) is 5.15. The fourth-order valence-corrected chi connectivity index (χ4v) is 5.56. The molecule has 0 heterocycles. The van der Waals surface area contributed by atoms with E-state index in [1.54, 1.807) is 0 Å². The minimum absolute atomic E-state index is 0. The molecule has 0 aliphatic rings. The van der Waals surface area contributed by atoms with Gasteiger partial charge in [0.15, 0.2) is 0 Å². The predicted molar refractivity (Wildman–Crippen MR) is 152 cm³/mol. The highest BCUT2D eigenvalue weighted by atomic mass is 32.2. The lowest BCUT2D eigenvalue weighted by molar-refractivity contribution is -0.874. The fourth-order valence-electron chi connectivity index (χ4n) is 4.09. The van der Waals surface area contributed by atoms with Gasteiger partial charge in [-0.2, -0.15) is 16.6 Å². The molecule has 2 atom stereocenters. The van der Waals surface area contributed by atoms with E-state index in [9.17, 15) is 4.57 Å². The van der Waals surface area contributed by atoms with Crippen molar-refractivity contribution in [2.24, 2.45) is 0 Å². The number of nitrogens with zero attached hydrogens (tertiary/aromatic N) is 1. The zero-order valence-corrected chi connectivity index (χ0v) is 25.5. The van der Waals surface area contributed by atoms with Crippen LogP contribution in [0, 0.1) is 0 Å². The van der Waals surface area contributed by atoms with Crippen LogP contribution in [-0.4, -0.2) is 61.9 Å². The summed E-state index contributed by atoms with van der Waals surface area (Å²) in [5.41, 5.74) is 0. The molecular weight excluding hydrogens is 481 g/mol. The topological polar surface area (TPSA) is 74.8 Å². The summed E-state index contributed by atoms with van der Waals surface area (Å²) in [7, 11) is 4.04. The second-order valence-electron chi connectivity index (χ2n) is 10.8. The molecule has 2 unspecified atom stereocenters. The predicted octanol–water partition coefficient (Wildman–Crippen LogP) is 8.91. The van der Waals surface area contributed by atoms with Crippen molar-refractivity contribution in [2.45, 2.75) is 129 Å². The average molecular weight is 541 g/mol. The molecule has 0 radical (unpaired) electrons. The van der Waals surface area contributed by atoms with Gasteiger partial charge >= 0.3 is 8.25 Å². The molecule has 1 N–H and O–H groups in total. The third-order valence-corrected chi connectivity index (χ3v) is 7.60. The number of rotatable bonds is 27. The Morgan fingerprint density at radius 3 is 1.60 bits per heavy atom. The molecule has 0 aromatic heterocycles. The van der Waals surface area contributed by atoms with Crippen LogP contribution in [0.4, 0.5) is 0 Å². The lowest BCUT2D eigenvalue weighted by Gasteiger charge is -2.25. The van der Waals surface area contributed by atoms with Crippen molar-refractivity contribution in [3.63, 3.8) is 0 Å². The molecule has 0 saturated carbocycles. The van der Waals surface area contributed by atoms with Crippen LogP contribution in [0.3, 0.4) is 0 Å². The molecule has 212 valence electrons. The second kappa shape index (κ2) is 27.3. The first-order chi connectivity index (χ1) is 16.3. The van der Waals surface area contributed by atoms with Crippen molar-refractivity contribution in [2.75, 3.05) is 45.8 Å². The Hall–Kier alpha value is 0.250. The van der Waals surface area contributed by atoms with Gasteiger partial charge in [0.1, 0.15) is 19.3 Å². The quantitative estimate of drug-likeness (QED) is 0.0340. The molecule has 0 aliphatic carbocycles. The molecule has 0 aromatic rings. The number of unbranched alkanes of at least 4 members (excludes halogenated alkanes) is 15. The summed E-state index contributed by atoms with van der Waals surface area (Å²) in [6.45, 7) is 5.42. The maximum atomic E-state index is 11.7. The maximum Gasteiger partial charge on any atom is 0.728 e. The molecule has 0 fully saturated rings. The van der Waals surface area contributed by atoms with E-state index in [4.69, 9.17) is 14.1 Å². The highest BCUT2D eigenvalue weighted by Crippen LogP contribution is 2.25. The van der Waals surface area contributed by atoms with Crippen molar-refractivity contribution >= 4 is 20.0 Å². The van der Waals surface area contributed by atoms with Crippen LogP contribution in [-0.2, 0) is 18.7 Å². The van der Waals surface area contributed by atoms with E-state index < -0.39 is 8.25 Å². The third kappa shape index (κ3) is 32.2. The zero-order valence-electron chi connectivity index (χ0n) is 23.8. The van der Waals surface area contributed by atoms with Crippen LogP contribution in [0.5, 0.6) is 0 Å². The number of likely N-dealkylation sites (N-methyl/N-ethyl adjacent to an activating group) is 1. The van der Waals surface area contributed by atoms with Gasteiger partial charge in [-0.05, 0) is 31.3 Å². The Bertz CT molecular complexity index is 452. The van der Waals surface area contributed by atoms with Gasteiger partial charge in [-0.3, -0.25) is 0 Å². The van der Waals surface area contributed by atoms with Crippen molar-refractivity contribution in [3.8, 4) is 0 Å². The Balaban J connectivity index is 0. The van der Waals surface area contributed by atoms with Gasteiger partial charge in [-0.25, -0.2) is 0 Å². The summed E-state index contributed by atoms with van der Waals surface area (Å²) in [6.07, 6.45) is 23.4. The lowest BCUT2D eigenvalue weighted by atomic mass is 10.0. The number of quaternary nitrogens is 1. The van der Waals surface area contributed by atoms with Crippen LogP contribution >= 0.6 is 20.0 Å². The lowest BCUT2D eigenvalue weighted by Crippen LogP contribution is -2.41. The van der Waals surface area contributed by atoms with Gasteiger partial charge < -0.3 is 9.96 Å². The molecule has 0 aliphatic heterocycles. The van der Waals surface area contributed by atoms with Gasteiger partial charge in [-0.1, -0.05) is 103 Å². The van der Waals surface area contributed by atoms with Crippen LogP contribution in [0.1, 0.15) is 123 Å². The molecule has 0 spiro atoms. The molecule has 6 nitrogen and oxygen atoms in total. The molecule has 0 amide bonds. The van der Waals surface area contributed by atoms with Crippen LogP contribution in [0.2, 0.25) is 0 Å². The summed E-state index contributed by atoms with van der Waals surface area (Å²) in [6, 6.07) is 0. The summed E-state index contributed by atoms with van der Waals surface area (Å²) < 4.78 is 22.5. The SMILES string of the molecule is CCCCCCCCCCCCCCCCCCSCCCO[P+](=O)OOC(C)C[N+](C)(C)C.[OH-]. The van der Waals surface area contributed by atoms with Gasteiger partial charge in [0.05, 0.1) is 25.8 Å². The standard InChI is InChI=1S/C27H58NO4PS.H2O/c1-6-7-8-9-10-11-12-13-14-15-16-17-18-19-20-21-24-34-25-22-23-30-33(29)32-31-27(2)26-28(3,4)5;/h27H,6-26H2,1-5H3;1H2/q+2;/p-1. The first kappa shape index (κ1) is 37.4. The van der Waals surface area contributed by atoms with Crippen LogP contribution in [0.25, 0.3) is 0 Å². The van der Waals surface area contributed by atoms with E-state index in [0.29, 0.717) is 6.61 Å². The Labute approximate surface area is 223 Å². The zero-order chi connectivity index (χ0) is 25.3. The molecule has 8 heteroatoms. The average Bonchev–Trinajstić information content (AvgIpc) is 2.77. The Morgan fingerprint density at radius 2 is 1.14 bits per heavy atom. The smallest absolute Gasteiger partial charge is 0.728 e. The summed E-state index contributed by atoms with van der Waals surface area (Å²) in [5, 5.41) is 0. The fraction of sp³-hybridized carbons (Fsp3) is 1.00. The number of hydrogen-bond acceptors (Lipinski definition) is 6. The Kier molecular flexibility index (Phi) is 29.2. The van der Waals surface area contributed by atoms with Gasteiger partial charge in [-0.15, -0.1) is 4.52 Å². The van der Waals surface area contributed by atoms with E-state index in [1.165, 1.54) is 108 Å². The highest BCUT2D eigenvalue weighted by molar-refractivity contribution is 7.99. The second-order valence-corrected chi connectivity index (χ2v) is 12.9. The number of thioether (sulfide) groups is 1. The largest absolute Gasteiger partial charge is 0.870 e.